The van der Waals surface area contributed by atoms with Crippen LogP contribution in [0.2, 0.25) is 0 Å². The van der Waals surface area contributed by atoms with Crippen LogP contribution < -0.4 is 5.32 Å². The number of nitrogens with zero attached hydrogens (tertiary/aromatic N) is 1. The molecular formula is C12H20N2OS. The summed E-state index contributed by atoms with van der Waals surface area (Å²) in [6.45, 7) is 7.50. The van der Waals surface area contributed by atoms with Crippen molar-refractivity contribution in [3.05, 3.63) is 16.1 Å². The summed E-state index contributed by atoms with van der Waals surface area (Å²) in [7, 11) is 1.80. The lowest BCUT2D eigenvalue weighted by molar-refractivity contribution is -0.0978. The molecule has 0 aliphatic heterocycles. The van der Waals surface area contributed by atoms with Crippen LogP contribution in [0.1, 0.15) is 30.2 Å². The van der Waals surface area contributed by atoms with Crippen molar-refractivity contribution in [2.75, 3.05) is 7.11 Å². The van der Waals surface area contributed by atoms with Crippen LogP contribution in [0.5, 0.6) is 0 Å². The molecule has 16 heavy (non-hydrogen) atoms. The van der Waals surface area contributed by atoms with Crippen molar-refractivity contribution in [1.29, 1.82) is 0 Å². The number of aryl methyl sites for hydroxylation is 1. The summed E-state index contributed by atoms with van der Waals surface area (Å²) in [5.74, 6) is 0. The van der Waals surface area contributed by atoms with E-state index < -0.39 is 0 Å². The molecule has 1 aliphatic rings. The minimum Gasteiger partial charge on any atom is -0.381 e. The van der Waals surface area contributed by atoms with Crippen LogP contribution in [0.15, 0.2) is 6.20 Å². The Morgan fingerprint density at radius 1 is 1.62 bits per heavy atom. The molecule has 1 N–H and O–H groups in total. The van der Waals surface area contributed by atoms with Crippen molar-refractivity contribution >= 4 is 11.3 Å². The lowest BCUT2D eigenvalue weighted by Crippen LogP contribution is -2.60. The van der Waals surface area contributed by atoms with Crippen molar-refractivity contribution in [3.63, 3.8) is 0 Å². The molecule has 0 radical (unpaired) electrons. The molecule has 1 saturated carbocycles. The zero-order chi connectivity index (χ0) is 11.8. The van der Waals surface area contributed by atoms with E-state index in [0.29, 0.717) is 12.1 Å². The highest BCUT2D eigenvalue weighted by Gasteiger charge is 2.48. The Bertz CT molecular complexity index is 362. The van der Waals surface area contributed by atoms with Crippen LogP contribution in [0.3, 0.4) is 0 Å². The summed E-state index contributed by atoms with van der Waals surface area (Å²) in [6.07, 6.45) is 3.47. The normalized spacial score (nSPS) is 27.8. The maximum atomic E-state index is 5.44. The molecule has 4 heteroatoms. The fraction of sp³-hybridized carbons (Fsp3) is 0.750. The average molecular weight is 240 g/mol. The second kappa shape index (κ2) is 4.43. The number of hydrogen-bond donors (Lipinski definition) is 1. The van der Waals surface area contributed by atoms with E-state index in [1.807, 2.05) is 13.1 Å². The van der Waals surface area contributed by atoms with Crippen molar-refractivity contribution in [2.45, 2.75) is 45.9 Å². The van der Waals surface area contributed by atoms with Crippen molar-refractivity contribution in [2.24, 2.45) is 5.41 Å². The highest BCUT2D eigenvalue weighted by Crippen LogP contribution is 2.42. The van der Waals surface area contributed by atoms with Crippen LogP contribution in [0.25, 0.3) is 0 Å². The Balaban J connectivity index is 1.84. The summed E-state index contributed by atoms with van der Waals surface area (Å²) in [5.41, 5.74) is 0.245. The summed E-state index contributed by atoms with van der Waals surface area (Å²) in [5, 5.41) is 4.73. The Kier molecular flexibility index (Phi) is 3.33. The predicted octanol–water partition coefficient (Wildman–Crippen LogP) is 2.35. The van der Waals surface area contributed by atoms with E-state index in [1.54, 1.807) is 18.4 Å². The molecule has 1 fully saturated rings. The van der Waals surface area contributed by atoms with E-state index in [0.717, 1.165) is 18.0 Å². The molecule has 0 spiro atoms. The van der Waals surface area contributed by atoms with Gasteiger partial charge in [0, 0.05) is 36.2 Å². The summed E-state index contributed by atoms with van der Waals surface area (Å²) in [6, 6.07) is 0.555. The third-order valence-corrected chi connectivity index (χ3v) is 4.57. The summed E-state index contributed by atoms with van der Waals surface area (Å²) >= 11 is 1.77. The van der Waals surface area contributed by atoms with Crippen LogP contribution in [0, 0.1) is 12.3 Å². The van der Waals surface area contributed by atoms with E-state index in [9.17, 15) is 0 Å². The highest BCUT2D eigenvalue weighted by molar-refractivity contribution is 7.11. The molecule has 0 amide bonds. The minimum absolute atomic E-state index is 0.245. The lowest BCUT2D eigenvalue weighted by Gasteiger charge is -2.51. The van der Waals surface area contributed by atoms with Crippen molar-refractivity contribution in [3.8, 4) is 0 Å². The number of methoxy groups -OCH3 is 1. The van der Waals surface area contributed by atoms with Gasteiger partial charge in [0.1, 0.15) is 0 Å². The smallest absolute Gasteiger partial charge is 0.0897 e. The second-order valence-corrected chi connectivity index (χ2v) is 6.38. The Morgan fingerprint density at radius 3 is 2.88 bits per heavy atom. The third kappa shape index (κ3) is 2.14. The molecule has 1 aromatic heterocycles. The Hall–Kier alpha value is -0.450. The molecule has 1 aromatic rings. The number of rotatable bonds is 4. The predicted molar refractivity (Wildman–Crippen MR) is 66.7 cm³/mol. The van der Waals surface area contributed by atoms with Gasteiger partial charge in [0.05, 0.1) is 11.1 Å². The maximum absolute atomic E-state index is 5.44. The van der Waals surface area contributed by atoms with Gasteiger partial charge in [-0.25, -0.2) is 4.98 Å². The molecule has 1 aliphatic carbocycles. The van der Waals surface area contributed by atoms with Gasteiger partial charge >= 0.3 is 0 Å². The third-order valence-electron chi connectivity index (χ3n) is 3.65. The van der Waals surface area contributed by atoms with Crippen molar-refractivity contribution < 1.29 is 4.74 Å². The Labute approximate surface area is 101 Å². The van der Waals surface area contributed by atoms with Gasteiger partial charge < -0.3 is 10.1 Å². The second-order valence-electron chi connectivity index (χ2n) is 5.06. The first-order chi connectivity index (χ1) is 7.54. The van der Waals surface area contributed by atoms with Gasteiger partial charge in [0.25, 0.3) is 0 Å². The molecular weight excluding hydrogens is 220 g/mol. The number of nitrogens with one attached hydrogen (secondary N) is 1. The zero-order valence-electron chi connectivity index (χ0n) is 10.4. The monoisotopic (exact) mass is 240 g/mol. The topological polar surface area (TPSA) is 34.1 Å². The first-order valence-electron chi connectivity index (χ1n) is 5.71. The van der Waals surface area contributed by atoms with Crippen LogP contribution in [-0.4, -0.2) is 24.2 Å². The van der Waals surface area contributed by atoms with Gasteiger partial charge in [-0.3, -0.25) is 0 Å². The number of aromatic nitrogens is 1. The minimum atomic E-state index is 0.245. The fourth-order valence-corrected chi connectivity index (χ4v) is 3.09. The van der Waals surface area contributed by atoms with E-state index in [2.05, 4.69) is 24.1 Å². The summed E-state index contributed by atoms with van der Waals surface area (Å²) in [4.78, 5) is 5.57. The molecule has 2 unspecified atom stereocenters. The lowest BCUT2D eigenvalue weighted by atomic mass is 9.64. The molecule has 2 rings (SSSR count). The summed E-state index contributed by atoms with van der Waals surface area (Å²) < 4.78 is 5.44. The van der Waals surface area contributed by atoms with Gasteiger partial charge in [-0.2, -0.15) is 0 Å². The first kappa shape index (κ1) is 12.0. The van der Waals surface area contributed by atoms with Gasteiger partial charge in [-0.15, -0.1) is 11.3 Å². The molecule has 2 atom stereocenters. The average Bonchev–Trinajstić information content (AvgIpc) is 2.63. The van der Waals surface area contributed by atoms with Gasteiger partial charge in [-0.1, -0.05) is 13.8 Å². The van der Waals surface area contributed by atoms with Crippen molar-refractivity contribution in [1.82, 2.24) is 10.3 Å². The van der Waals surface area contributed by atoms with E-state index in [-0.39, 0.29) is 5.41 Å². The first-order valence-corrected chi connectivity index (χ1v) is 6.53. The maximum Gasteiger partial charge on any atom is 0.0897 e. The van der Waals surface area contributed by atoms with Gasteiger partial charge in [0.15, 0.2) is 0 Å². The standard InChI is InChI=1S/C12H20N2OS/c1-8-13-6-9(16-8)7-14-10-5-11(15-4)12(10,2)3/h6,10-11,14H,5,7H2,1-4H3. The number of hydrogen-bond acceptors (Lipinski definition) is 4. The zero-order valence-corrected chi connectivity index (χ0v) is 11.2. The number of ether oxygens (including phenoxy) is 1. The van der Waals surface area contributed by atoms with Crippen LogP contribution >= 0.6 is 11.3 Å². The molecule has 1 heterocycles. The van der Waals surface area contributed by atoms with Gasteiger partial charge in [-0.05, 0) is 13.3 Å². The van der Waals surface area contributed by atoms with Gasteiger partial charge in [0.2, 0.25) is 0 Å². The fourth-order valence-electron chi connectivity index (χ4n) is 2.34. The van der Waals surface area contributed by atoms with E-state index in [4.69, 9.17) is 4.74 Å². The van der Waals surface area contributed by atoms with Crippen LogP contribution in [0.4, 0.5) is 0 Å². The van der Waals surface area contributed by atoms with Crippen LogP contribution in [-0.2, 0) is 11.3 Å². The SMILES string of the molecule is COC1CC(NCc2cnc(C)s2)C1(C)C. The molecule has 3 nitrogen and oxygen atoms in total. The van der Waals surface area contributed by atoms with E-state index >= 15 is 0 Å². The Morgan fingerprint density at radius 2 is 2.38 bits per heavy atom. The number of thiazole rings is 1. The molecule has 0 bridgehead atoms. The largest absolute Gasteiger partial charge is 0.381 e. The molecule has 90 valence electrons. The quantitative estimate of drug-likeness (QED) is 0.877. The highest BCUT2D eigenvalue weighted by atomic mass is 32.1. The molecule has 0 aromatic carbocycles. The molecule has 0 saturated heterocycles. The van der Waals surface area contributed by atoms with E-state index in [1.165, 1.54) is 4.88 Å².